The second kappa shape index (κ2) is 5.03. The maximum atomic E-state index is 13.0. The van der Waals surface area contributed by atoms with E-state index in [-0.39, 0.29) is 0 Å². The van der Waals surface area contributed by atoms with Crippen molar-refractivity contribution in [3.05, 3.63) is 53.3 Å². The van der Waals surface area contributed by atoms with Gasteiger partial charge in [-0.1, -0.05) is 6.07 Å². The number of piperidine rings is 1. The van der Waals surface area contributed by atoms with Gasteiger partial charge in [0.15, 0.2) is 5.60 Å². The number of ether oxygens (including phenoxy) is 1. The zero-order chi connectivity index (χ0) is 16.1. The summed E-state index contributed by atoms with van der Waals surface area (Å²) in [6.07, 6.45) is -0.907. The second-order valence-corrected chi connectivity index (χ2v) is 6.19. The lowest BCUT2D eigenvalue weighted by Gasteiger charge is -2.37. The molecule has 122 valence electrons. The van der Waals surface area contributed by atoms with Gasteiger partial charge in [-0.15, -0.1) is 0 Å². The van der Waals surface area contributed by atoms with E-state index in [2.05, 4.69) is 9.88 Å². The normalized spacial score (nSPS) is 19.6. The Morgan fingerprint density at radius 1 is 1.13 bits per heavy atom. The van der Waals surface area contributed by atoms with Crippen molar-refractivity contribution in [3.8, 4) is 5.75 Å². The van der Waals surface area contributed by atoms with E-state index >= 15 is 0 Å². The van der Waals surface area contributed by atoms with Crippen LogP contribution in [0.4, 0.5) is 13.2 Å². The van der Waals surface area contributed by atoms with Crippen molar-refractivity contribution in [2.45, 2.75) is 31.2 Å². The Kier molecular flexibility index (Phi) is 3.20. The lowest BCUT2D eigenvalue weighted by atomic mass is 9.88. The summed E-state index contributed by atoms with van der Waals surface area (Å²) in [6, 6.07) is 7.79. The van der Waals surface area contributed by atoms with Gasteiger partial charge in [-0.2, -0.15) is 13.2 Å². The number of halogens is 3. The molecule has 1 aromatic heterocycles. The highest BCUT2D eigenvalue weighted by atomic mass is 19.4. The third-order valence-electron chi connectivity index (χ3n) is 4.75. The van der Waals surface area contributed by atoms with Crippen molar-refractivity contribution in [2.75, 3.05) is 13.1 Å². The van der Waals surface area contributed by atoms with E-state index in [4.69, 9.17) is 4.74 Å². The molecule has 4 rings (SSSR count). The zero-order valence-corrected chi connectivity index (χ0v) is 12.5. The SMILES string of the molecule is FC(F)(F)c1ccc2c(c1)OC1(CCNCC1)c1cccn1C2. The number of hydrogen-bond donors (Lipinski definition) is 1. The number of fused-ring (bicyclic) bond motifs is 3. The summed E-state index contributed by atoms with van der Waals surface area (Å²) >= 11 is 0. The van der Waals surface area contributed by atoms with Crippen LogP contribution in [0.25, 0.3) is 0 Å². The van der Waals surface area contributed by atoms with E-state index < -0.39 is 17.3 Å². The van der Waals surface area contributed by atoms with Crippen LogP contribution in [0.1, 0.15) is 29.7 Å². The van der Waals surface area contributed by atoms with Crippen LogP contribution in [0.3, 0.4) is 0 Å². The maximum absolute atomic E-state index is 13.0. The molecule has 0 saturated carbocycles. The number of nitrogens with one attached hydrogen (secondary N) is 1. The molecule has 3 nitrogen and oxygen atoms in total. The first-order valence-corrected chi connectivity index (χ1v) is 7.73. The smallest absolute Gasteiger partial charge is 0.416 e. The third kappa shape index (κ3) is 2.41. The molecule has 2 aromatic rings. The lowest BCUT2D eigenvalue weighted by Crippen LogP contribution is -2.44. The molecule has 1 spiro atoms. The Balaban J connectivity index is 1.83. The van der Waals surface area contributed by atoms with Gasteiger partial charge in [-0.05, 0) is 37.4 Å². The van der Waals surface area contributed by atoms with Gasteiger partial charge >= 0.3 is 6.18 Å². The molecule has 1 fully saturated rings. The summed E-state index contributed by atoms with van der Waals surface area (Å²) in [5, 5.41) is 3.29. The van der Waals surface area contributed by atoms with E-state index in [0.717, 1.165) is 49.3 Å². The first-order chi connectivity index (χ1) is 11.0. The van der Waals surface area contributed by atoms with Gasteiger partial charge in [-0.25, -0.2) is 0 Å². The predicted molar refractivity (Wildman–Crippen MR) is 79.4 cm³/mol. The van der Waals surface area contributed by atoms with Crippen LogP contribution in [0.15, 0.2) is 36.5 Å². The topological polar surface area (TPSA) is 26.2 Å². The molecule has 0 aliphatic carbocycles. The minimum atomic E-state index is -4.36. The Morgan fingerprint density at radius 2 is 1.91 bits per heavy atom. The van der Waals surface area contributed by atoms with Crippen molar-refractivity contribution in [3.63, 3.8) is 0 Å². The fraction of sp³-hybridized carbons (Fsp3) is 0.412. The van der Waals surface area contributed by atoms with Gasteiger partial charge in [-0.3, -0.25) is 0 Å². The lowest BCUT2D eigenvalue weighted by molar-refractivity contribution is -0.137. The van der Waals surface area contributed by atoms with Gasteiger partial charge < -0.3 is 14.6 Å². The molecule has 2 aliphatic heterocycles. The van der Waals surface area contributed by atoms with Crippen LogP contribution < -0.4 is 10.1 Å². The molecule has 3 heterocycles. The molecule has 0 atom stereocenters. The zero-order valence-electron chi connectivity index (χ0n) is 12.5. The molecule has 6 heteroatoms. The van der Waals surface area contributed by atoms with Crippen molar-refractivity contribution >= 4 is 0 Å². The maximum Gasteiger partial charge on any atom is 0.416 e. The van der Waals surface area contributed by atoms with Gasteiger partial charge in [0.2, 0.25) is 0 Å². The quantitative estimate of drug-likeness (QED) is 0.803. The molecule has 23 heavy (non-hydrogen) atoms. The average Bonchev–Trinajstić information content (AvgIpc) is 2.93. The van der Waals surface area contributed by atoms with Crippen molar-refractivity contribution < 1.29 is 17.9 Å². The molecular formula is C17H17F3N2O. The number of rotatable bonds is 0. The van der Waals surface area contributed by atoms with E-state index in [1.807, 2.05) is 18.3 Å². The number of benzene rings is 1. The van der Waals surface area contributed by atoms with E-state index in [1.54, 1.807) is 0 Å². The summed E-state index contributed by atoms with van der Waals surface area (Å²) < 4.78 is 47.4. The summed E-state index contributed by atoms with van der Waals surface area (Å²) in [4.78, 5) is 0. The molecule has 0 unspecified atom stereocenters. The Bertz CT molecular complexity index is 730. The van der Waals surface area contributed by atoms with E-state index in [1.165, 1.54) is 6.07 Å². The highest BCUT2D eigenvalue weighted by Crippen LogP contribution is 2.42. The molecule has 1 saturated heterocycles. The van der Waals surface area contributed by atoms with Crippen LogP contribution in [-0.4, -0.2) is 17.7 Å². The molecule has 0 radical (unpaired) electrons. The summed E-state index contributed by atoms with van der Waals surface area (Å²) in [5.41, 5.74) is 0.617. The standard InChI is InChI=1S/C17H17F3N2O/c18-17(19,20)13-4-3-12-11-22-9-1-2-15(22)16(23-14(12)10-13)5-7-21-8-6-16/h1-4,9-10,21H,5-8,11H2. The van der Waals surface area contributed by atoms with Gasteiger partial charge in [0.25, 0.3) is 0 Å². The third-order valence-corrected chi connectivity index (χ3v) is 4.75. The summed E-state index contributed by atoms with van der Waals surface area (Å²) in [7, 11) is 0. The number of alkyl halides is 3. The van der Waals surface area contributed by atoms with Gasteiger partial charge in [0, 0.05) is 24.6 Å². The Labute approximate surface area is 132 Å². The van der Waals surface area contributed by atoms with Crippen molar-refractivity contribution in [1.29, 1.82) is 0 Å². The number of hydrogen-bond acceptors (Lipinski definition) is 2. The van der Waals surface area contributed by atoms with E-state index in [0.29, 0.717) is 12.3 Å². The van der Waals surface area contributed by atoms with Crippen LogP contribution in [0.5, 0.6) is 5.75 Å². The highest BCUT2D eigenvalue weighted by Gasteiger charge is 2.41. The minimum absolute atomic E-state index is 0.352. The van der Waals surface area contributed by atoms with Crippen LogP contribution in [-0.2, 0) is 18.3 Å². The molecule has 0 amide bonds. The number of aromatic nitrogens is 1. The van der Waals surface area contributed by atoms with Gasteiger partial charge in [0.05, 0.1) is 17.8 Å². The first kappa shape index (κ1) is 14.6. The first-order valence-electron chi connectivity index (χ1n) is 7.73. The second-order valence-electron chi connectivity index (χ2n) is 6.19. The van der Waals surface area contributed by atoms with Crippen LogP contribution >= 0.6 is 0 Å². The van der Waals surface area contributed by atoms with Crippen molar-refractivity contribution in [2.24, 2.45) is 0 Å². The number of nitrogens with zero attached hydrogens (tertiary/aromatic N) is 1. The average molecular weight is 322 g/mol. The minimum Gasteiger partial charge on any atom is -0.481 e. The van der Waals surface area contributed by atoms with E-state index in [9.17, 15) is 13.2 Å². The Morgan fingerprint density at radius 3 is 2.65 bits per heavy atom. The molecule has 1 aromatic carbocycles. The Hall–Kier alpha value is -1.95. The van der Waals surface area contributed by atoms with Crippen LogP contribution in [0.2, 0.25) is 0 Å². The van der Waals surface area contributed by atoms with Gasteiger partial charge in [0.1, 0.15) is 5.75 Å². The summed E-state index contributed by atoms with van der Waals surface area (Å²) in [5.74, 6) is 0.352. The fourth-order valence-electron chi connectivity index (χ4n) is 3.56. The van der Waals surface area contributed by atoms with Crippen LogP contribution in [0, 0.1) is 0 Å². The molecule has 0 bridgehead atoms. The predicted octanol–water partition coefficient (Wildman–Crippen LogP) is 3.53. The molecule has 1 N–H and O–H groups in total. The molecule has 2 aliphatic rings. The van der Waals surface area contributed by atoms with Crippen molar-refractivity contribution in [1.82, 2.24) is 9.88 Å². The summed E-state index contributed by atoms with van der Waals surface area (Å²) in [6.45, 7) is 2.12. The fourth-order valence-corrected chi connectivity index (χ4v) is 3.56. The largest absolute Gasteiger partial charge is 0.481 e. The molecular weight excluding hydrogens is 305 g/mol. The monoisotopic (exact) mass is 322 g/mol. The highest BCUT2D eigenvalue weighted by molar-refractivity contribution is 5.42.